The second kappa shape index (κ2) is 30.8. The minimum atomic E-state index is -0.473. The summed E-state index contributed by atoms with van der Waals surface area (Å²) in [5.41, 5.74) is 5.02. The molecule has 3 aliphatic rings. The molecule has 0 bridgehead atoms. The van der Waals surface area contributed by atoms with Crippen LogP contribution < -0.4 is 28.4 Å². The molecule has 428 valence electrons. The van der Waals surface area contributed by atoms with Crippen LogP contribution in [-0.4, -0.2) is 74.2 Å². The first-order chi connectivity index (χ1) is 40.0. The van der Waals surface area contributed by atoms with Gasteiger partial charge in [-0.05, 0) is 181 Å². The van der Waals surface area contributed by atoms with Crippen molar-refractivity contribution in [2.24, 2.45) is 33.9 Å². The monoisotopic (exact) mass is 1110 g/mol. The molecule has 0 radical (unpaired) electrons. The van der Waals surface area contributed by atoms with Crippen LogP contribution in [-0.2, 0) is 38.2 Å². The Hall–Kier alpha value is -8.66. The number of rotatable bonds is 28. The van der Waals surface area contributed by atoms with Gasteiger partial charge in [0.05, 0.1) is 56.3 Å². The first-order valence-electron chi connectivity index (χ1n) is 28.4. The van der Waals surface area contributed by atoms with E-state index in [1.54, 1.807) is 66.7 Å². The predicted molar refractivity (Wildman–Crippen MR) is 308 cm³/mol. The molecule has 0 aromatic heterocycles. The van der Waals surface area contributed by atoms with Gasteiger partial charge in [-0.1, -0.05) is 61.7 Å². The summed E-state index contributed by atoms with van der Waals surface area (Å²) in [6.07, 6.45) is 14.2. The van der Waals surface area contributed by atoms with Gasteiger partial charge in [0, 0.05) is 28.8 Å². The molecule has 16 heteroatoms. The molecule has 0 N–H and O–H groups in total. The highest BCUT2D eigenvalue weighted by atomic mass is 16.6. The molecule has 5 aromatic rings. The molecule has 2 saturated carbocycles. The van der Waals surface area contributed by atoms with Crippen molar-refractivity contribution in [3.05, 3.63) is 157 Å². The number of nitrogens with zero attached hydrogens (tertiary/aromatic N) is 2. The molecule has 0 amide bonds. The number of carbonyl (C=O) groups excluding carboxylic acids is 6. The third kappa shape index (κ3) is 17.4. The highest BCUT2D eigenvalue weighted by Gasteiger charge is 2.34. The minimum absolute atomic E-state index is 0.203. The second-order valence-corrected chi connectivity index (χ2v) is 20.5. The maximum absolute atomic E-state index is 13.8. The highest BCUT2D eigenvalue weighted by molar-refractivity contribution is 6.24. The topological polar surface area (TPSA) is 201 Å². The molecular weight excluding hydrogens is 1040 g/mol. The standard InChI is InChI=1S/C66H70N2O14/c1-3-60(69)77-41-15-7-5-13-39-75-50-29-33-52(34-30-50)79-63(71)45-21-23-47(24-22-45)65(73)81-54-37-38-59(49(43-54)44-67-68-62-57-19-11-9-17-55(57)56-18-10-12-20-58(56)62)82-66(74)48-27-25-46(26-28-48)64(72)80-53-35-31-51(32-36-53)76-40-14-6-8-16-42-78-61(70)4-2/h3-4,9-12,17-20,29-38,43-48H,1-2,5-8,13-16,21-28,39-42H2. The smallest absolute Gasteiger partial charge is 0.330 e. The van der Waals surface area contributed by atoms with Crippen molar-refractivity contribution < 1.29 is 66.7 Å². The SMILES string of the molecule is C=CC(=O)OCCCCCCOc1ccc(OC(=O)C2CCC(C(=O)Oc3ccc(OC(=O)C4CCC(C(=O)Oc5ccc(OCCCCCCOC(=O)C=C)cc5)CC4)c(C=NN=C4c5ccccc5-c5ccccc54)c3)CC2)cc1. The fourth-order valence-electron chi connectivity index (χ4n) is 10.1. The maximum Gasteiger partial charge on any atom is 0.330 e. The van der Waals surface area contributed by atoms with Gasteiger partial charge in [-0.25, -0.2) is 9.59 Å². The number of carbonyl (C=O) groups is 6. The number of hydrogen-bond donors (Lipinski definition) is 0. The zero-order chi connectivity index (χ0) is 57.5. The number of ether oxygens (including phenoxy) is 8. The van der Waals surface area contributed by atoms with E-state index in [0.717, 1.165) is 85.8 Å². The van der Waals surface area contributed by atoms with Gasteiger partial charge in [0.15, 0.2) is 0 Å². The van der Waals surface area contributed by atoms with E-state index in [4.69, 9.17) is 37.9 Å². The van der Waals surface area contributed by atoms with Crippen LogP contribution in [0, 0.1) is 23.7 Å². The summed E-state index contributed by atoms with van der Waals surface area (Å²) in [6, 6.07) is 34.5. The first-order valence-corrected chi connectivity index (χ1v) is 28.4. The van der Waals surface area contributed by atoms with Crippen LogP contribution in [0.25, 0.3) is 11.1 Å². The lowest BCUT2D eigenvalue weighted by atomic mass is 9.82. The average Bonchev–Trinajstić information content (AvgIpc) is 4.01. The summed E-state index contributed by atoms with van der Waals surface area (Å²) in [5.74, 6) is -1.57. The summed E-state index contributed by atoms with van der Waals surface area (Å²) in [4.78, 5) is 76.3. The summed E-state index contributed by atoms with van der Waals surface area (Å²) < 4.78 is 45.1. The van der Waals surface area contributed by atoms with Gasteiger partial charge in [0.25, 0.3) is 0 Å². The molecule has 2 fully saturated rings. The zero-order valence-corrected chi connectivity index (χ0v) is 46.2. The van der Waals surface area contributed by atoms with E-state index in [0.29, 0.717) is 112 Å². The summed E-state index contributed by atoms with van der Waals surface area (Å²) in [6.45, 7) is 8.57. The Morgan fingerprint density at radius 1 is 0.415 bits per heavy atom. The van der Waals surface area contributed by atoms with E-state index in [-0.39, 0.29) is 29.4 Å². The molecule has 82 heavy (non-hydrogen) atoms. The average molecular weight is 1120 g/mol. The number of fused-ring (bicyclic) bond motifs is 3. The molecule has 16 nitrogen and oxygen atoms in total. The fraction of sp³-hybridized carbons (Fsp3) is 0.364. The van der Waals surface area contributed by atoms with Crippen molar-refractivity contribution in [1.29, 1.82) is 0 Å². The van der Waals surface area contributed by atoms with Crippen molar-refractivity contribution in [1.82, 2.24) is 0 Å². The van der Waals surface area contributed by atoms with Crippen molar-refractivity contribution >= 4 is 47.7 Å². The number of unbranched alkanes of at least 4 members (excludes halogenated alkanes) is 6. The normalized spacial score (nSPS) is 17.0. The van der Waals surface area contributed by atoms with Crippen LogP contribution in [0.15, 0.2) is 151 Å². The molecule has 3 aliphatic carbocycles. The Kier molecular flexibility index (Phi) is 22.3. The van der Waals surface area contributed by atoms with Crippen LogP contribution >= 0.6 is 0 Å². The molecule has 0 spiro atoms. The quantitative estimate of drug-likeness (QED) is 0.0112. The maximum atomic E-state index is 13.8. The lowest BCUT2D eigenvalue weighted by molar-refractivity contribution is -0.145. The Morgan fingerprint density at radius 3 is 1.18 bits per heavy atom. The van der Waals surface area contributed by atoms with E-state index in [2.05, 4.69) is 23.4 Å². The van der Waals surface area contributed by atoms with Crippen molar-refractivity contribution in [2.45, 2.75) is 103 Å². The molecule has 0 heterocycles. The van der Waals surface area contributed by atoms with Crippen LogP contribution in [0.5, 0.6) is 34.5 Å². The lowest BCUT2D eigenvalue weighted by Gasteiger charge is -2.26. The van der Waals surface area contributed by atoms with Gasteiger partial charge in [-0.3, -0.25) is 19.2 Å². The van der Waals surface area contributed by atoms with Gasteiger partial charge >= 0.3 is 35.8 Å². The van der Waals surface area contributed by atoms with E-state index in [1.807, 2.05) is 48.5 Å². The van der Waals surface area contributed by atoms with E-state index in [9.17, 15) is 28.8 Å². The minimum Gasteiger partial charge on any atom is -0.494 e. The molecule has 5 aromatic carbocycles. The molecule has 0 atom stereocenters. The molecule has 0 unspecified atom stereocenters. The summed E-state index contributed by atoms with van der Waals surface area (Å²) in [7, 11) is 0. The van der Waals surface area contributed by atoms with Gasteiger partial charge in [-0.2, -0.15) is 5.10 Å². The van der Waals surface area contributed by atoms with Gasteiger partial charge in [0.2, 0.25) is 0 Å². The van der Waals surface area contributed by atoms with Gasteiger partial charge in [0.1, 0.15) is 40.2 Å². The van der Waals surface area contributed by atoms with Crippen molar-refractivity contribution in [3.8, 4) is 45.6 Å². The van der Waals surface area contributed by atoms with Crippen molar-refractivity contribution in [3.63, 3.8) is 0 Å². The molecule has 8 rings (SSSR count). The number of benzene rings is 5. The number of esters is 6. The van der Waals surface area contributed by atoms with Crippen LogP contribution in [0.4, 0.5) is 0 Å². The third-order valence-electron chi connectivity index (χ3n) is 14.7. The number of hydrogen-bond acceptors (Lipinski definition) is 16. The lowest BCUT2D eigenvalue weighted by Crippen LogP contribution is -2.30. The second-order valence-electron chi connectivity index (χ2n) is 20.5. The zero-order valence-electron chi connectivity index (χ0n) is 46.2. The Labute approximate surface area is 478 Å². The van der Waals surface area contributed by atoms with E-state index < -0.39 is 41.6 Å². The third-order valence-corrected chi connectivity index (χ3v) is 14.7. The predicted octanol–water partition coefficient (Wildman–Crippen LogP) is 12.5. The van der Waals surface area contributed by atoms with E-state index >= 15 is 0 Å². The highest BCUT2D eigenvalue weighted by Crippen LogP contribution is 2.38. The summed E-state index contributed by atoms with van der Waals surface area (Å²) >= 11 is 0. The molecule has 0 aliphatic heterocycles. The Morgan fingerprint density at radius 2 is 0.768 bits per heavy atom. The van der Waals surface area contributed by atoms with Crippen LogP contribution in [0.2, 0.25) is 0 Å². The van der Waals surface area contributed by atoms with Crippen LogP contribution in [0.3, 0.4) is 0 Å². The summed E-state index contributed by atoms with van der Waals surface area (Å²) in [5, 5.41) is 9.17. The Balaban J connectivity index is 0.818. The van der Waals surface area contributed by atoms with Gasteiger partial charge < -0.3 is 37.9 Å². The molecular formula is C66H70N2O14. The van der Waals surface area contributed by atoms with Crippen LogP contribution in [0.1, 0.15) is 119 Å². The fourth-order valence-corrected chi connectivity index (χ4v) is 10.1. The first kappa shape index (κ1) is 59.5. The largest absolute Gasteiger partial charge is 0.494 e. The molecule has 0 saturated heterocycles. The van der Waals surface area contributed by atoms with Gasteiger partial charge in [-0.15, -0.1) is 5.10 Å². The van der Waals surface area contributed by atoms with E-state index in [1.165, 1.54) is 6.21 Å². The Bertz CT molecular complexity index is 3030. The van der Waals surface area contributed by atoms with Crippen molar-refractivity contribution in [2.75, 3.05) is 26.4 Å².